The molecule has 3 rings (SSSR count). The van der Waals surface area contributed by atoms with Gasteiger partial charge in [-0.3, -0.25) is 9.48 Å². The zero-order valence-electron chi connectivity index (χ0n) is 13.7. The smallest absolute Gasteiger partial charge is 0.273 e. The van der Waals surface area contributed by atoms with Gasteiger partial charge in [0, 0.05) is 41.0 Å². The fraction of sp³-hybridized carbons (Fsp3) is 0.235. The van der Waals surface area contributed by atoms with Crippen molar-refractivity contribution in [2.75, 3.05) is 0 Å². The van der Waals surface area contributed by atoms with Crippen molar-refractivity contribution >= 4 is 29.1 Å². The largest absolute Gasteiger partial charge is 0.355 e. The van der Waals surface area contributed by atoms with Crippen molar-refractivity contribution in [3.05, 3.63) is 57.5 Å². The molecule has 0 saturated heterocycles. The second-order valence-corrected chi connectivity index (χ2v) is 6.30. The lowest BCUT2D eigenvalue weighted by Crippen LogP contribution is -2.23. The summed E-state index contributed by atoms with van der Waals surface area (Å²) in [5.41, 5.74) is 2.79. The summed E-state index contributed by atoms with van der Waals surface area (Å²) in [6.45, 7) is 5.14. The molecule has 6 nitrogen and oxygen atoms in total. The van der Waals surface area contributed by atoms with E-state index in [9.17, 15) is 4.79 Å². The van der Waals surface area contributed by atoms with E-state index in [2.05, 4.69) is 15.6 Å². The van der Waals surface area contributed by atoms with Crippen LogP contribution in [0.15, 0.2) is 35.0 Å². The Morgan fingerprint density at radius 1 is 1.32 bits per heavy atom. The number of rotatable bonds is 5. The number of benzene rings is 1. The summed E-state index contributed by atoms with van der Waals surface area (Å²) < 4.78 is 7.11. The maximum Gasteiger partial charge on any atom is 0.273 e. The van der Waals surface area contributed by atoms with Crippen molar-refractivity contribution in [2.24, 2.45) is 0 Å². The van der Waals surface area contributed by atoms with Gasteiger partial charge >= 0.3 is 0 Å². The van der Waals surface area contributed by atoms with E-state index < -0.39 is 0 Å². The van der Waals surface area contributed by atoms with Gasteiger partial charge in [0.1, 0.15) is 0 Å². The van der Waals surface area contributed by atoms with Crippen LogP contribution in [0.4, 0.5) is 0 Å². The minimum Gasteiger partial charge on any atom is -0.355 e. The van der Waals surface area contributed by atoms with Gasteiger partial charge in [0.15, 0.2) is 11.5 Å². The Morgan fingerprint density at radius 2 is 2.12 bits per heavy atom. The highest BCUT2D eigenvalue weighted by molar-refractivity contribution is 6.36. The third kappa shape index (κ3) is 3.70. The minimum absolute atomic E-state index is 0.182. The molecule has 0 atom stereocenters. The van der Waals surface area contributed by atoms with Crippen molar-refractivity contribution in [2.45, 2.75) is 26.9 Å². The highest BCUT2D eigenvalue weighted by Gasteiger charge is 2.16. The molecule has 1 aromatic carbocycles. The molecule has 0 bridgehead atoms. The normalized spacial score (nSPS) is 10.9. The van der Waals surface area contributed by atoms with E-state index in [0.717, 1.165) is 17.8 Å². The second kappa shape index (κ2) is 7.29. The van der Waals surface area contributed by atoms with Gasteiger partial charge in [0.25, 0.3) is 5.91 Å². The van der Waals surface area contributed by atoms with Crippen LogP contribution in [0.25, 0.3) is 11.3 Å². The van der Waals surface area contributed by atoms with E-state index in [-0.39, 0.29) is 11.6 Å². The van der Waals surface area contributed by atoms with Crippen molar-refractivity contribution < 1.29 is 9.32 Å². The number of aryl methyl sites for hydroxylation is 1. The van der Waals surface area contributed by atoms with Crippen LogP contribution in [0.1, 0.15) is 28.7 Å². The van der Waals surface area contributed by atoms with Gasteiger partial charge in [-0.2, -0.15) is 5.10 Å². The van der Waals surface area contributed by atoms with E-state index in [1.165, 1.54) is 0 Å². The highest BCUT2D eigenvalue weighted by Crippen LogP contribution is 2.30. The highest BCUT2D eigenvalue weighted by atomic mass is 35.5. The quantitative estimate of drug-likeness (QED) is 0.724. The fourth-order valence-corrected chi connectivity index (χ4v) is 2.94. The number of aromatic nitrogens is 3. The molecule has 0 unspecified atom stereocenters. The predicted molar refractivity (Wildman–Crippen MR) is 95.8 cm³/mol. The molecular weight excluding hydrogens is 363 g/mol. The predicted octanol–water partition coefficient (Wildman–Crippen LogP) is 4.10. The molecule has 3 aromatic rings. The fourth-order valence-electron chi connectivity index (χ4n) is 2.44. The summed E-state index contributed by atoms with van der Waals surface area (Å²) in [5.74, 6) is 0.0746. The molecule has 1 N–H and O–H groups in total. The molecule has 0 saturated carbocycles. The van der Waals surface area contributed by atoms with E-state index in [1.54, 1.807) is 30.5 Å². The molecule has 2 aromatic heterocycles. The lowest BCUT2D eigenvalue weighted by Gasteiger charge is -2.03. The van der Waals surface area contributed by atoms with Gasteiger partial charge in [0.2, 0.25) is 0 Å². The first-order chi connectivity index (χ1) is 12.0. The zero-order chi connectivity index (χ0) is 18.0. The van der Waals surface area contributed by atoms with Gasteiger partial charge in [-0.05, 0) is 32.0 Å². The number of carbonyl (C=O) groups excluding carboxylic acids is 1. The number of nitrogens with one attached hydrogen (secondary N) is 1. The van der Waals surface area contributed by atoms with Gasteiger partial charge < -0.3 is 9.84 Å². The summed E-state index contributed by atoms with van der Waals surface area (Å²) in [6.07, 6.45) is 1.75. The van der Waals surface area contributed by atoms with Crippen LogP contribution in [-0.4, -0.2) is 20.8 Å². The Morgan fingerprint density at radius 3 is 2.80 bits per heavy atom. The molecule has 0 aliphatic carbocycles. The van der Waals surface area contributed by atoms with Crippen LogP contribution in [0.5, 0.6) is 0 Å². The van der Waals surface area contributed by atoms with Gasteiger partial charge in [-0.15, -0.1) is 0 Å². The van der Waals surface area contributed by atoms with E-state index >= 15 is 0 Å². The van der Waals surface area contributed by atoms with E-state index in [4.69, 9.17) is 27.7 Å². The lowest BCUT2D eigenvalue weighted by molar-refractivity contribution is 0.0942. The minimum atomic E-state index is -0.330. The molecule has 1 amide bonds. The third-order valence-electron chi connectivity index (χ3n) is 3.88. The SMILES string of the molecule is CCn1ncc(CNC(=O)c2cc(-c3ccc(Cl)cc3Cl)on2)c1C. The van der Waals surface area contributed by atoms with Crippen LogP contribution in [0.2, 0.25) is 10.0 Å². The maximum atomic E-state index is 12.3. The Labute approximate surface area is 154 Å². The van der Waals surface area contributed by atoms with Crippen LogP contribution in [0, 0.1) is 6.92 Å². The maximum absolute atomic E-state index is 12.3. The monoisotopic (exact) mass is 378 g/mol. The van der Waals surface area contributed by atoms with Crippen molar-refractivity contribution in [3.63, 3.8) is 0 Å². The van der Waals surface area contributed by atoms with Crippen molar-refractivity contribution in [1.82, 2.24) is 20.3 Å². The van der Waals surface area contributed by atoms with Gasteiger partial charge in [-0.25, -0.2) is 0 Å². The number of amides is 1. The Balaban J connectivity index is 1.71. The zero-order valence-corrected chi connectivity index (χ0v) is 15.2. The summed E-state index contributed by atoms with van der Waals surface area (Å²) in [4.78, 5) is 12.3. The molecule has 25 heavy (non-hydrogen) atoms. The first-order valence-electron chi connectivity index (χ1n) is 7.71. The Bertz CT molecular complexity index is 917. The number of hydrogen-bond acceptors (Lipinski definition) is 4. The molecule has 2 heterocycles. The van der Waals surface area contributed by atoms with Crippen LogP contribution in [-0.2, 0) is 13.1 Å². The first-order valence-corrected chi connectivity index (χ1v) is 8.46. The van der Waals surface area contributed by atoms with Gasteiger partial charge in [-0.1, -0.05) is 28.4 Å². The summed E-state index contributed by atoms with van der Waals surface area (Å²) in [7, 11) is 0. The number of nitrogens with zero attached hydrogens (tertiary/aromatic N) is 3. The lowest BCUT2D eigenvalue weighted by atomic mass is 10.1. The van der Waals surface area contributed by atoms with Crippen molar-refractivity contribution in [1.29, 1.82) is 0 Å². The average Bonchev–Trinajstić information content (AvgIpc) is 3.20. The second-order valence-electron chi connectivity index (χ2n) is 5.45. The van der Waals surface area contributed by atoms with E-state index in [0.29, 0.717) is 27.9 Å². The summed E-state index contributed by atoms with van der Waals surface area (Å²) in [5, 5.41) is 11.8. The molecular formula is C17H16Cl2N4O2. The van der Waals surface area contributed by atoms with E-state index in [1.807, 2.05) is 18.5 Å². The number of carbonyl (C=O) groups is 1. The van der Waals surface area contributed by atoms with Gasteiger partial charge in [0.05, 0.1) is 11.2 Å². The molecule has 0 spiro atoms. The molecule has 0 radical (unpaired) electrons. The first kappa shape index (κ1) is 17.5. The topological polar surface area (TPSA) is 73.0 Å². The number of halogens is 2. The summed E-state index contributed by atoms with van der Waals surface area (Å²) >= 11 is 12.0. The summed E-state index contributed by atoms with van der Waals surface area (Å²) in [6, 6.07) is 6.57. The number of hydrogen-bond donors (Lipinski definition) is 1. The van der Waals surface area contributed by atoms with Crippen LogP contribution < -0.4 is 5.32 Å². The molecule has 130 valence electrons. The third-order valence-corrected chi connectivity index (χ3v) is 4.43. The molecule has 8 heteroatoms. The molecule has 0 aliphatic rings. The molecule has 0 aliphatic heterocycles. The standard InChI is InChI=1S/C17H16Cl2N4O2/c1-3-23-10(2)11(9-21-23)8-20-17(24)15-7-16(25-22-15)13-5-4-12(18)6-14(13)19/h4-7,9H,3,8H2,1-2H3,(H,20,24). The average molecular weight is 379 g/mol. The van der Waals surface area contributed by atoms with Crippen LogP contribution >= 0.6 is 23.2 Å². The van der Waals surface area contributed by atoms with Crippen molar-refractivity contribution in [3.8, 4) is 11.3 Å². The molecule has 0 fully saturated rings. The van der Waals surface area contributed by atoms with Crippen LogP contribution in [0.3, 0.4) is 0 Å². The Kier molecular flexibility index (Phi) is 5.11. The Hall–Kier alpha value is -2.31.